The quantitative estimate of drug-likeness (QED) is 0.719. The zero-order chi connectivity index (χ0) is 18.3. The number of hydrogen-bond donors (Lipinski definition) is 2. The van der Waals surface area contributed by atoms with Crippen LogP contribution in [0.25, 0.3) is 11.0 Å². The zero-order valence-electron chi connectivity index (χ0n) is 16.1. The van der Waals surface area contributed by atoms with Crippen molar-refractivity contribution in [3.63, 3.8) is 0 Å². The van der Waals surface area contributed by atoms with E-state index in [4.69, 9.17) is 9.97 Å². The van der Waals surface area contributed by atoms with Gasteiger partial charge in [-0.2, -0.15) is 9.97 Å². The van der Waals surface area contributed by atoms with E-state index >= 15 is 0 Å². The van der Waals surface area contributed by atoms with Crippen LogP contribution in [-0.4, -0.2) is 28.0 Å². The predicted molar refractivity (Wildman–Crippen MR) is 108 cm³/mol. The SMILES string of the molecule is Cc1ccc(C(C)Nc2nc(N3CCCC3)nc3[nH]c(C)cc23)c(C)c1. The second-order valence-electron chi connectivity index (χ2n) is 7.51. The lowest BCUT2D eigenvalue weighted by Crippen LogP contribution is -2.21. The van der Waals surface area contributed by atoms with Gasteiger partial charge < -0.3 is 15.2 Å². The fraction of sp³-hybridized carbons (Fsp3) is 0.429. The molecule has 0 bridgehead atoms. The molecule has 2 aromatic heterocycles. The minimum absolute atomic E-state index is 0.176. The molecule has 5 nitrogen and oxygen atoms in total. The van der Waals surface area contributed by atoms with E-state index in [0.717, 1.165) is 41.6 Å². The Morgan fingerprint density at radius 3 is 2.58 bits per heavy atom. The van der Waals surface area contributed by atoms with E-state index in [9.17, 15) is 0 Å². The molecule has 4 rings (SSSR count). The number of benzene rings is 1. The highest BCUT2D eigenvalue weighted by atomic mass is 15.3. The first-order valence-corrected chi connectivity index (χ1v) is 9.47. The molecule has 1 aliphatic rings. The second kappa shape index (κ2) is 6.63. The number of aryl methyl sites for hydroxylation is 3. The molecule has 1 atom stereocenters. The lowest BCUT2D eigenvalue weighted by atomic mass is 10.0. The van der Waals surface area contributed by atoms with Crippen molar-refractivity contribution < 1.29 is 0 Å². The van der Waals surface area contributed by atoms with Crippen LogP contribution in [0.5, 0.6) is 0 Å². The molecule has 3 aromatic rings. The Morgan fingerprint density at radius 2 is 1.85 bits per heavy atom. The van der Waals surface area contributed by atoms with Crippen molar-refractivity contribution in [3.8, 4) is 0 Å². The van der Waals surface area contributed by atoms with Crippen molar-refractivity contribution in [2.75, 3.05) is 23.3 Å². The van der Waals surface area contributed by atoms with Crippen LogP contribution in [0.4, 0.5) is 11.8 Å². The Labute approximate surface area is 154 Å². The molecule has 1 saturated heterocycles. The standard InChI is InChI=1S/C21H27N5/c1-13-7-8-17(14(2)11-13)16(4)23-20-18-12-15(3)22-19(18)24-21(25-20)26-9-5-6-10-26/h7-8,11-12,16H,5-6,9-10H2,1-4H3,(H2,22,23,24,25). The van der Waals surface area contributed by atoms with Gasteiger partial charge in [0.2, 0.25) is 5.95 Å². The Balaban J connectivity index is 1.72. The smallest absolute Gasteiger partial charge is 0.229 e. The van der Waals surface area contributed by atoms with Crippen molar-refractivity contribution in [2.45, 2.75) is 46.6 Å². The lowest BCUT2D eigenvalue weighted by Gasteiger charge is -2.20. The van der Waals surface area contributed by atoms with E-state index in [-0.39, 0.29) is 6.04 Å². The number of nitrogens with zero attached hydrogens (tertiary/aromatic N) is 3. The van der Waals surface area contributed by atoms with Crippen molar-refractivity contribution >= 4 is 22.8 Å². The summed E-state index contributed by atoms with van der Waals surface area (Å²) in [6.45, 7) is 10.6. The fourth-order valence-electron chi connectivity index (χ4n) is 3.89. The Bertz CT molecular complexity index is 937. The van der Waals surface area contributed by atoms with Gasteiger partial charge in [0, 0.05) is 18.8 Å². The number of fused-ring (bicyclic) bond motifs is 1. The summed E-state index contributed by atoms with van der Waals surface area (Å²) in [6, 6.07) is 8.92. The van der Waals surface area contributed by atoms with Crippen LogP contribution in [-0.2, 0) is 0 Å². The summed E-state index contributed by atoms with van der Waals surface area (Å²) in [5.74, 6) is 1.74. The van der Waals surface area contributed by atoms with Crippen LogP contribution in [0.2, 0.25) is 0 Å². The summed E-state index contributed by atoms with van der Waals surface area (Å²) in [4.78, 5) is 15.3. The molecular weight excluding hydrogens is 322 g/mol. The van der Waals surface area contributed by atoms with Gasteiger partial charge in [-0.3, -0.25) is 0 Å². The normalized spacial score (nSPS) is 15.6. The lowest BCUT2D eigenvalue weighted by molar-refractivity contribution is 0.855. The third-order valence-corrected chi connectivity index (χ3v) is 5.24. The predicted octanol–water partition coefficient (Wildman–Crippen LogP) is 4.66. The Hall–Kier alpha value is -2.56. The highest BCUT2D eigenvalue weighted by Gasteiger charge is 2.19. The van der Waals surface area contributed by atoms with E-state index in [1.54, 1.807) is 0 Å². The number of aromatic amines is 1. The van der Waals surface area contributed by atoms with Crippen LogP contribution >= 0.6 is 0 Å². The largest absolute Gasteiger partial charge is 0.363 e. The van der Waals surface area contributed by atoms with Gasteiger partial charge in [0.25, 0.3) is 0 Å². The molecule has 0 amide bonds. The van der Waals surface area contributed by atoms with Gasteiger partial charge in [-0.05, 0) is 57.7 Å². The van der Waals surface area contributed by atoms with Gasteiger partial charge in [-0.1, -0.05) is 23.8 Å². The maximum absolute atomic E-state index is 4.89. The molecular formula is C21H27N5. The van der Waals surface area contributed by atoms with Crippen molar-refractivity contribution in [3.05, 3.63) is 46.6 Å². The summed E-state index contributed by atoms with van der Waals surface area (Å²) in [7, 11) is 0. The minimum Gasteiger partial charge on any atom is -0.363 e. The van der Waals surface area contributed by atoms with Crippen LogP contribution in [0.1, 0.15) is 48.2 Å². The Morgan fingerprint density at radius 1 is 1.08 bits per heavy atom. The number of nitrogens with one attached hydrogen (secondary N) is 2. The molecule has 5 heteroatoms. The molecule has 1 unspecified atom stereocenters. The van der Waals surface area contributed by atoms with E-state index in [1.807, 2.05) is 0 Å². The molecule has 2 N–H and O–H groups in total. The van der Waals surface area contributed by atoms with E-state index in [0.29, 0.717) is 0 Å². The number of anilines is 2. The van der Waals surface area contributed by atoms with E-state index in [1.165, 1.54) is 29.5 Å². The van der Waals surface area contributed by atoms with Crippen LogP contribution in [0, 0.1) is 20.8 Å². The zero-order valence-corrected chi connectivity index (χ0v) is 16.1. The van der Waals surface area contributed by atoms with Crippen LogP contribution in [0.15, 0.2) is 24.3 Å². The number of rotatable bonds is 4. The Kier molecular flexibility index (Phi) is 4.31. The van der Waals surface area contributed by atoms with Crippen LogP contribution < -0.4 is 10.2 Å². The van der Waals surface area contributed by atoms with Gasteiger partial charge in [0.15, 0.2) is 0 Å². The number of hydrogen-bond acceptors (Lipinski definition) is 4. The third kappa shape index (κ3) is 3.14. The van der Waals surface area contributed by atoms with Gasteiger partial charge in [-0.25, -0.2) is 0 Å². The summed E-state index contributed by atoms with van der Waals surface area (Å²) in [6.07, 6.45) is 2.43. The monoisotopic (exact) mass is 349 g/mol. The van der Waals surface area contributed by atoms with E-state index < -0.39 is 0 Å². The van der Waals surface area contributed by atoms with Crippen molar-refractivity contribution in [2.24, 2.45) is 0 Å². The summed E-state index contributed by atoms with van der Waals surface area (Å²) in [5, 5.41) is 4.70. The van der Waals surface area contributed by atoms with Gasteiger partial charge >= 0.3 is 0 Å². The molecule has 0 spiro atoms. The summed E-state index contributed by atoms with van der Waals surface area (Å²) in [5.41, 5.74) is 5.92. The molecule has 0 aliphatic carbocycles. The summed E-state index contributed by atoms with van der Waals surface area (Å²) >= 11 is 0. The fourth-order valence-corrected chi connectivity index (χ4v) is 3.89. The molecule has 136 valence electrons. The van der Waals surface area contributed by atoms with Crippen LogP contribution in [0.3, 0.4) is 0 Å². The maximum atomic E-state index is 4.89. The van der Waals surface area contributed by atoms with Gasteiger partial charge in [0.1, 0.15) is 11.5 Å². The molecule has 26 heavy (non-hydrogen) atoms. The summed E-state index contributed by atoms with van der Waals surface area (Å²) < 4.78 is 0. The average Bonchev–Trinajstić information content (AvgIpc) is 3.23. The first-order chi connectivity index (χ1) is 12.5. The second-order valence-corrected chi connectivity index (χ2v) is 7.51. The first-order valence-electron chi connectivity index (χ1n) is 9.47. The number of H-pyrrole nitrogens is 1. The van der Waals surface area contributed by atoms with Crippen molar-refractivity contribution in [1.82, 2.24) is 15.0 Å². The average molecular weight is 349 g/mol. The van der Waals surface area contributed by atoms with Gasteiger partial charge in [0.05, 0.1) is 11.4 Å². The molecule has 1 aromatic carbocycles. The third-order valence-electron chi connectivity index (χ3n) is 5.24. The number of aromatic nitrogens is 3. The first kappa shape index (κ1) is 16.9. The van der Waals surface area contributed by atoms with Gasteiger partial charge in [-0.15, -0.1) is 0 Å². The highest BCUT2D eigenvalue weighted by molar-refractivity contribution is 5.89. The maximum Gasteiger partial charge on any atom is 0.229 e. The highest BCUT2D eigenvalue weighted by Crippen LogP contribution is 2.29. The van der Waals surface area contributed by atoms with Crippen molar-refractivity contribution in [1.29, 1.82) is 0 Å². The van der Waals surface area contributed by atoms with E-state index in [2.05, 4.69) is 67.2 Å². The molecule has 3 heterocycles. The molecule has 1 aliphatic heterocycles. The molecule has 0 saturated carbocycles. The molecule has 0 radical (unpaired) electrons. The molecule has 1 fully saturated rings. The topological polar surface area (TPSA) is 56.8 Å². The minimum atomic E-state index is 0.176.